The molecule has 83 heavy (non-hydrogen) atoms. The quantitative estimate of drug-likeness (QED) is 0.0242. The molecule has 2 spiro atoms. The Morgan fingerprint density at radius 3 is 2.22 bits per heavy atom. The van der Waals surface area contributed by atoms with Gasteiger partial charge in [-0.2, -0.15) is 0 Å². The average molecular weight is 1160 g/mol. The van der Waals surface area contributed by atoms with Crippen molar-refractivity contribution in [2.45, 2.75) is 160 Å². The standard InChI is InChI=1S/C59H77N7O17/c1-35(2)51(64-44(67)13-7-6-10-28-66-46(69)21-22-47(66)70)54(75)63-40(12-11-27-61-56(60)77)53(74)62-39-18-16-38(17-19-39)32-79-49(72)23-20-45(68)65-52-37(4)25-29-78-48(71)14-8-9-15-50(73)83-41-31-43-59(34-81-59)57(41,5)58(33-80-55(52)76)26-24-36(3)30-42(58)82-43/h8-9,14-19,21-22,30,35,37,40-43,51-52H,6-7,10-13,20,23-29,31-34H2,1-5H3,(H,62,74)(H,63,75)(H,64,67)(H,65,68)(H3,60,61,77)/b14-8+,15-9-/t37-,40+,41-,42-,43-,51+,52-,57-,58-,59+/m1/s1. The molecule has 450 valence electrons. The Hall–Kier alpha value is -7.73. The number of carbonyl (C=O) groups excluding carboxylic acids is 11. The van der Waals surface area contributed by atoms with E-state index in [2.05, 4.69) is 26.6 Å². The molecule has 8 amide bonds. The van der Waals surface area contributed by atoms with Crippen LogP contribution in [0, 0.1) is 22.7 Å². The number of anilines is 1. The van der Waals surface area contributed by atoms with Gasteiger partial charge in [-0.3, -0.25) is 38.5 Å². The molecule has 7 N–H and O–H groups in total. The van der Waals surface area contributed by atoms with Crippen LogP contribution in [0.15, 0.2) is 72.4 Å². The van der Waals surface area contributed by atoms with Crippen LogP contribution in [-0.2, 0) is 83.0 Å². The number of hydrogen-bond acceptors (Lipinski definition) is 17. The first-order valence-electron chi connectivity index (χ1n) is 28.4. The van der Waals surface area contributed by atoms with Crippen LogP contribution in [0.3, 0.4) is 0 Å². The maximum Gasteiger partial charge on any atom is 0.331 e. The highest BCUT2D eigenvalue weighted by atomic mass is 16.6. The lowest BCUT2D eigenvalue weighted by Gasteiger charge is -2.58. The molecule has 1 aromatic rings. The summed E-state index contributed by atoms with van der Waals surface area (Å²) in [6, 6.07) is 2.24. The number of carbonyl (C=O) groups is 11. The van der Waals surface area contributed by atoms with Gasteiger partial charge in [-0.25, -0.2) is 19.2 Å². The van der Waals surface area contributed by atoms with Crippen LogP contribution in [0.1, 0.15) is 117 Å². The second kappa shape index (κ2) is 28.0. The summed E-state index contributed by atoms with van der Waals surface area (Å²) < 4.78 is 36.1. The van der Waals surface area contributed by atoms with Gasteiger partial charge in [-0.15, -0.1) is 0 Å². The van der Waals surface area contributed by atoms with Gasteiger partial charge in [0.15, 0.2) is 0 Å². The topological polar surface area (TPSA) is 336 Å². The highest BCUT2D eigenvalue weighted by Crippen LogP contribution is 2.72. The van der Waals surface area contributed by atoms with Crippen molar-refractivity contribution in [3.8, 4) is 0 Å². The molecular weight excluding hydrogens is 1080 g/mol. The van der Waals surface area contributed by atoms with Crippen LogP contribution in [0.5, 0.6) is 0 Å². The molecule has 1 aromatic carbocycles. The van der Waals surface area contributed by atoms with Gasteiger partial charge in [0.2, 0.25) is 23.6 Å². The largest absolute Gasteiger partial charge is 0.463 e. The molecule has 0 radical (unpaired) electrons. The molecule has 0 unspecified atom stereocenters. The van der Waals surface area contributed by atoms with E-state index < -0.39 is 100 Å². The van der Waals surface area contributed by atoms with Crippen LogP contribution in [0.25, 0.3) is 0 Å². The number of nitrogens with two attached hydrogens (primary N) is 1. The van der Waals surface area contributed by atoms with Crippen LogP contribution < -0.4 is 32.3 Å². The zero-order valence-electron chi connectivity index (χ0n) is 47.7. The number of primary amides is 1. The number of nitrogens with one attached hydrogen (secondary N) is 5. The minimum absolute atomic E-state index is 0.0873. The van der Waals surface area contributed by atoms with Gasteiger partial charge in [0.25, 0.3) is 11.8 Å². The van der Waals surface area contributed by atoms with Crippen molar-refractivity contribution >= 4 is 71.0 Å². The summed E-state index contributed by atoms with van der Waals surface area (Å²) >= 11 is 0. The summed E-state index contributed by atoms with van der Waals surface area (Å²) in [6.45, 7) is 9.49. The normalized spacial score (nSPS) is 28.2. The minimum Gasteiger partial charge on any atom is -0.463 e. The van der Waals surface area contributed by atoms with E-state index in [9.17, 15) is 52.7 Å². The molecule has 10 atom stereocenters. The van der Waals surface area contributed by atoms with Crippen molar-refractivity contribution in [1.82, 2.24) is 26.2 Å². The van der Waals surface area contributed by atoms with Crippen molar-refractivity contribution in [3.05, 3.63) is 77.9 Å². The van der Waals surface area contributed by atoms with E-state index in [4.69, 9.17) is 34.2 Å². The van der Waals surface area contributed by atoms with Crippen molar-refractivity contribution in [2.24, 2.45) is 28.4 Å². The second-order valence-electron chi connectivity index (χ2n) is 22.7. The highest BCUT2D eigenvalue weighted by Gasteiger charge is 2.83. The number of imide groups is 1. The Bertz CT molecular complexity index is 2750. The van der Waals surface area contributed by atoms with Gasteiger partial charge in [-0.1, -0.05) is 70.0 Å². The van der Waals surface area contributed by atoms with E-state index in [0.717, 1.165) is 16.5 Å². The van der Waals surface area contributed by atoms with Crippen LogP contribution in [-0.4, -0.2) is 145 Å². The lowest BCUT2D eigenvalue weighted by atomic mass is 9.51. The van der Waals surface area contributed by atoms with Crippen LogP contribution in [0.2, 0.25) is 0 Å². The van der Waals surface area contributed by atoms with E-state index in [-0.39, 0.29) is 101 Å². The summed E-state index contributed by atoms with van der Waals surface area (Å²) in [7, 11) is 0. The summed E-state index contributed by atoms with van der Waals surface area (Å²) in [5, 5.41) is 13.5. The third-order valence-corrected chi connectivity index (χ3v) is 16.7. The van der Waals surface area contributed by atoms with Crippen molar-refractivity contribution in [3.63, 3.8) is 0 Å². The second-order valence-corrected chi connectivity index (χ2v) is 22.7. The minimum atomic E-state index is -1.23. The number of allylic oxidation sites excluding steroid dienone is 3. The number of hydrogen-bond donors (Lipinski definition) is 6. The molecule has 4 aliphatic heterocycles. The average Bonchev–Trinajstić information content (AvgIpc) is 1.51. The fraction of sp³-hybridized carbons (Fsp3) is 0.576. The lowest BCUT2D eigenvalue weighted by Crippen LogP contribution is -2.67. The fourth-order valence-electron chi connectivity index (χ4n) is 11.7. The first-order valence-corrected chi connectivity index (χ1v) is 28.4. The van der Waals surface area contributed by atoms with Gasteiger partial charge < -0.3 is 60.7 Å². The van der Waals surface area contributed by atoms with Crippen LogP contribution in [0.4, 0.5) is 10.5 Å². The molecule has 24 nitrogen and oxygen atoms in total. The van der Waals surface area contributed by atoms with E-state index in [1.54, 1.807) is 45.0 Å². The van der Waals surface area contributed by atoms with Crippen molar-refractivity contribution < 1.29 is 81.2 Å². The molecule has 3 fully saturated rings. The number of nitrogens with zero attached hydrogens (tertiary/aromatic N) is 1. The molecule has 7 rings (SSSR count). The molecule has 2 aliphatic carbocycles. The molecule has 4 heterocycles. The highest BCUT2D eigenvalue weighted by molar-refractivity contribution is 6.12. The third kappa shape index (κ3) is 15.5. The van der Waals surface area contributed by atoms with E-state index >= 15 is 0 Å². The van der Waals surface area contributed by atoms with Crippen molar-refractivity contribution in [2.75, 3.05) is 38.2 Å². The number of unbranched alkanes of at least 4 members (excludes halogenated alkanes) is 2. The first-order chi connectivity index (χ1) is 39.5. The lowest BCUT2D eigenvalue weighted by molar-refractivity contribution is -0.233. The predicted molar refractivity (Wildman–Crippen MR) is 295 cm³/mol. The molecule has 2 saturated heterocycles. The SMILES string of the molecule is CC1=C[C@H]2O[C@@H]3C[C@H]4OC(=O)/C=C\C=C\C(=O)OCC[C@@H](C)[C@@H](NC(=O)CCC(=O)OCc5ccc(NC(=O)[C@H](CCCNC(N)=O)NC(=O)[C@@H](NC(=O)CCCCCN6C(=O)C=CC6=O)C(C)C)cc5)C(=O)OC[C@@]2(CC1)[C@]4(C)[C@]31CO1. The van der Waals surface area contributed by atoms with E-state index in [1.807, 2.05) is 19.9 Å². The molecular formula is C59H77N7O17. The Balaban J connectivity index is 0.914. The molecule has 0 aromatic heterocycles. The van der Waals surface area contributed by atoms with Gasteiger partial charge in [0, 0.05) is 67.8 Å². The van der Waals surface area contributed by atoms with Gasteiger partial charge in [-0.05, 0) is 81.4 Å². The van der Waals surface area contributed by atoms with Crippen molar-refractivity contribution in [1.29, 1.82) is 0 Å². The maximum atomic E-state index is 14.3. The van der Waals surface area contributed by atoms with E-state index in [0.29, 0.717) is 56.4 Å². The number of urea groups is 1. The number of esters is 4. The molecule has 2 bridgehead atoms. The number of benzene rings is 1. The number of ether oxygens (including phenoxy) is 6. The van der Waals surface area contributed by atoms with Gasteiger partial charge in [0.05, 0.1) is 37.3 Å². The number of epoxide rings is 1. The summed E-state index contributed by atoms with van der Waals surface area (Å²) in [6.07, 6.45) is 11.0. The Labute approximate surface area is 481 Å². The van der Waals surface area contributed by atoms with Crippen LogP contribution >= 0.6 is 0 Å². The number of amides is 8. The Morgan fingerprint density at radius 1 is 0.819 bits per heavy atom. The predicted octanol–water partition coefficient (Wildman–Crippen LogP) is 3.32. The van der Waals surface area contributed by atoms with E-state index in [1.165, 1.54) is 30.4 Å². The van der Waals surface area contributed by atoms with Gasteiger partial charge in [0.1, 0.15) is 43.0 Å². The number of cyclic esters (lactones) is 2. The monoisotopic (exact) mass is 1160 g/mol. The molecule has 6 aliphatic rings. The first kappa shape index (κ1) is 62.9. The zero-order valence-corrected chi connectivity index (χ0v) is 47.7. The zero-order chi connectivity index (χ0) is 60.1. The smallest absolute Gasteiger partial charge is 0.331 e. The van der Waals surface area contributed by atoms with Gasteiger partial charge >= 0.3 is 29.9 Å². The Kier molecular flexibility index (Phi) is 21.2. The third-order valence-electron chi connectivity index (χ3n) is 16.7. The summed E-state index contributed by atoms with van der Waals surface area (Å²) in [5.74, 6) is -6.73. The summed E-state index contributed by atoms with van der Waals surface area (Å²) in [4.78, 5) is 143. The summed E-state index contributed by atoms with van der Waals surface area (Å²) in [5.41, 5.74) is 4.67. The maximum absolute atomic E-state index is 14.3. The number of rotatable bonds is 22. The Morgan fingerprint density at radius 2 is 1.53 bits per heavy atom. The fourth-order valence-corrected chi connectivity index (χ4v) is 11.7. The molecule has 1 saturated carbocycles. The molecule has 24 heteroatoms.